The lowest BCUT2D eigenvalue weighted by molar-refractivity contribution is -0.108. The van der Waals surface area contributed by atoms with E-state index in [2.05, 4.69) is 43.7 Å². The first kappa shape index (κ1) is 14.6. The normalized spacial score (nSPS) is 22.1. The van der Waals surface area contributed by atoms with Crippen LogP contribution in [-0.4, -0.2) is 26.5 Å². The number of H-pyrrole nitrogens is 1. The van der Waals surface area contributed by atoms with Gasteiger partial charge in [-0.3, -0.25) is 5.10 Å². The van der Waals surface area contributed by atoms with Crippen molar-refractivity contribution in [2.75, 3.05) is 5.32 Å². The zero-order chi connectivity index (χ0) is 17.0. The van der Waals surface area contributed by atoms with Gasteiger partial charge in [-0.1, -0.05) is 6.07 Å². The second-order valence-electron chi connectivity index (χ2n) is 7.14. The van der Waals surface area contributed by atoms with Gasteiger partial charge in [0.15, 0.2) is 5.82 Å². The predicted molar refractivity (Wildman–Crippen MR) is 95.0 cm³/mol. The second kappa shape index (κ2) is 5.37. The molecule has 0 bridgehead atoms. The van der Waals surface area contributed by atoms with E-state index in [0.29, 0.717) is 11.8 Å². The standard InChI is InChI=1S/C19H19N5O/c1-10-20-8-16(11-2-3-11)18(21-10)22-19-14-5-4-12(7-17(14)23-24-19)15-6-13(15)9-25/h4-5,7-9,11,13,15H,2-3,6H2,1H3,(H2,20,21,22,23,24)/t13?,15-/m0/s1. The molecule has 1 aromatic carbocycles. The summed E-state index contributed by atoms with van der Waals surface area (Å²) < 4.78 is 0. The van der Waals surface area contributed by atoms with E-state index in [9.17, 15) is 4.79 Å². The SMILES string of the molecule is Cc1ncc(C2CC2)c(Nc2n[nH]c3cc([C@@H]4CC4C=O)ccc23)n1. The molecule has 2 aliphatic rings. The van der Waals surface area contributed by atoms with Crippen LogP contribution >= 0.6 is 0 Å². The van der Waals surface area contributed by atoms with Crippen molar-refractivity contribution in [2.45, 2.75) is 38.0 Å². The van der Waals surface area contributed by atoms with Gasteiger partial charge in [0.1, 0.15) is 17.9 Å². The van der Waals surface area contributed by atoms with Crippen LogP contribution in [0.2, 0.25) is 0 Å². The smallest absolute Gasteiger partial charge is 0.161 e. The Bertz CT molecular complexity index is 975. The van der Waals surface area contributed by atoms with Gasteiger partial charge in [0.05, 0.1) is 5.52 Å². The number of aromatic nitrogens is 4. The molecule has 0 spiro atoms. The maximum absolute atomic E-state index is 10.9. The Hall–Kier alpha value is -2.76. The minimum Gasteiger partial charge on any atom is -0.323 e. The van der Waals surface area contributed by atoms with Crippen molar-refractivity contribution >= 4 is 28.8 Å². The largest absolute Gasteiger partial charge is 0.323 e. The monoisotopic (exact) mass is 333 g/mol. The van der Waals surface area contributed by atoms with E-state index >= 15 is 0 Å². The Labute approximate surface area is 145 Å². The molecule has 0 radical (unpaired) electrons. The van der Waals surface area contributed by atoms with Crippen LogP contribution in [-0.2, 0) is 4.79 Å². The lowest BCUT2D eigenvalue weighted by Crippen LogP contribution is -2.02. The highest BCUT2D eigenvalue weighted by Gasteiger charge is 2.38. The maximum Gasteiger partial charge on any atom is 0.161 e. The Morgan fingerprint density at radius 1 is 1.28 bits per heavy atom. The molecule has 0 aliphatic heterocycles. The summed E-state index contributed by atoms with van der Waals surface area (Å²) in [6, 6.07) is 6.28. The summed E-state index contributed by atoms with van der Waals surface area (Å²) in [4.78, 5) is 19.8. The average molecular weight is 333 g/mol. The van der Waals surface area contributed by atoms with Gasteiger partial charge in [-0.2, -0.15) is 5.10 Å². The van der Waals surface area contributed by atoms with Crippen LogP contribution in [0.4, 0.5) is 11.6 Å². The summed E-state index contributed by atoms with van der Waals surface area (Å²) in [6.07, 6.45) is 6.35. The number of carbonyl (C=O) groups excluding carboxylic acids is 1. The van der Waals surface area contributed by atoms with E-state index in [1.165, 1.54) is 24.0 Å². The van der Waals surface area contributed by atoms with E-state index in [1.54, 1.807) is 0 Å². The molecule has 2 heterocycles. The quantitative estimate of drug-likeness (QED) is 0.697. The van der Waals surface area contributed by atoms with Gasteiger partial charge < -0.3 is 10.1 Å². The van der Waals surface area contributed by atoms with Crippen LogP contribution in [0, 0.1) is 12.8 Å². The molecule has 2 N–H and O–H groups in total. The van der Waals surface area contributed by atoms with E-state index in [4.69, 9.17) is 0 Å². The number of aldehydes is 1. The molecule has 126 valence electrons. The van der Waals surface area contributed by atoms with Crippen LogP contribution in [0.25, 0.3) is 10.9 Å². The molecular formula is C19H19N5O. The molecule has 0 saturated heterocycles. The number of fused-ring (bicyclic) bond motifs is 1. The van der Waals surface area contributed by atoms with Crippen LogP contribution < -0.4 is 5.32 Å². The number of hydrogen-bond donors (Lipinski definition) is 2. The summed E-state index contributed by atoms with van der Waals surface area (Å²) in [5, 5.41) is 12.0. The van der Waals surface area contributed by atoms with Gasteiger partial charge in [0.25, 0.3) is 0 Å². The molecule has 0 amide bonds. The fourth-order valence-electron chi connectivity index (χ4n) is 3.50. The van der Waals surface area contributed by atoms with Crippen LogP contribution in [0.1, 0.15) is 48.0 Å². The first-order valence-electron chi connectivity index (χ1n) is 8.77. The average Bonchev–Trinajstić information content (AvgIpc) is 3.53. The van der Waals surface area contributed by atoms with Crippen LogP contribution in [0.5, 0.6) is 0 Å². The summed E-state index contributed by atoms with van der Waals surface area (Å²) in [6.45, 7) is 1.90. The van der Waals surface area contributed by atoms with Crippen molar-refractivity contribution in [1.29, 1.82) is 0 Å². The molecule has 2 aliphatic carbocycles. The summed E-state index contributed by atoms with van der Waals surface area (Å²) in [7, 11) is 0. The van der Waals surface area contributed by atoms with Gasteiger partial charge >= 0.3 is 0 Å². The molecule has 2 saturated carbocycles. The van der Waals surface area contributed by atoms with Gasteiger partial charge in [-0.25, -0.2) is 9.97 Å². The van der Waals surface area contributed by atoms with Crippen molar-refractivity contribution in [3.05, 3.63) is 41.3 Å². The van der Waals surface area contributed by atoms with E-state index in [0.717, 1.165) is 41.1 Å². The summed E-state index contributed by atoms with van der Waals surface area (Å²) in [5.41, 5.74) is 3.36. The van der Waals surface area contributed by atoms with Crippen LogP contribution in [0.3, 0.4) is 0 Å². The number of carbonyl (C=O) groups is 1. The molecule has 3 aromatic rings. The van der Waals surface area contributed by atoms with Crippen LogP contribution in [0.15, 0.2) is 24.4 Å². The molecule has 6 heteroatoms. The number of nitrogens with zero attached hydrogens (tertiary/aromatic N) is 3. The summed E-state index contributed by atoms with van der Waals surface area (Å²) >= 11 is 0. The molecule has 6 nitrogen and oxygen atoms in total. The lowest BCUT2D eigenvalue weighted by atomic mass is 10.1. The third kappa shape index (κ3) is 2.58. The molecule has 25 heavy (non-hydrogen) atoms. The molecule has 2 aromatic heterocycles. The fraction of sp³-hybridized carbons (Fsp3) is 0.368. The van der Waals surface area contributed by atoms with Gasteiger partial charge in [-0.05, 0) is 55.7 Å². The minimum atomic E-state index is 0.183. The van der Waals surface area contributed by atoms with E-state index < -0.39 is 0 Å². The Morgan fingerprint density at radius 3 is 2.92 bits per heavy atom. The topological polar surface area (TPSA) is 83.6 Å². The van der Waals surface area contributed by atoms with Crippen molar-refractivity contribution in [1.82, 2.24) is 20.2 Å². The number of hydrogen-bond acceptors (Lipinski definition) is 5. The zero-order valence-electron chi connectivity index (χ0n) is 14.0. The van der Waals surface area contributed by atoms with Gasteiger partial charge in [-0.15, -0.1) is 0 Å². The molecule has 1 unspecified atom stereocenters. The molecule has 5 rings (SSSR count). The number of nitrogens with one attached hydrogen (secondary N) is 2. The van der Waals surface area contributed by atoms with Crippen molar-refractivity contribution in [2.24, 2.45) is 5.92 Å². The first-order chi connectivity index (χ1) is 12.2. The lowest BCUT2D eigenvalue weighted by Gasteiger charge is -2.09. The second-order valence-corrected chi connectivity index (χ2v) is 7.14. The Kier molecular flexibility index (Phi) is 3.13. The van der Waals surface area contributed by atoms with Gasteiger partial charge in [0, 0.05) is 23.1 Å². The van der Waals surface area contributed by atoms with Crippen molar-refractivity contribution in [3.8, 4) is 0 Å². The highest BCUT2D eigenvalue weighted by Crippen LogP contribution is 2.47. The molecular weight excluding hydrogens is 314 g/mol. The zero-order valence-corrected chi connectivity index (χ0v) is 14.0. The molecule has 2 atom stereocenters. The predicted octanol–water partition coefficient (Wildman–Crippen LogP) is 3.58. The number of aryl methyl sites for hydroxylation is 1. The summed E-state index contributed by atoms with van der Waals surface area (Å²) in [5.74, 6) is 3.51. The van der Waals surface area contributed by atoms with Crippen molar-refractivity contribution in [3.63, 3.8) is 0 Å². The first-order valence-corrected chi connectivity index (χ1v) is 8.77. The number of anilines is 2. The van der Waals surface area contributed by atoms with E-state index in [1.807, 2.05) is 13.1 Å². The van der Waals surface area contributed by atoms with E-state index in [-0.39, 0.29) is 5.92 Å². The van der Waals surface area contributed by atoms with Gasteiger partial charge in [0.2, 0.25) is 0 Å². The van der Waals surface area contributed by atoms with Crippen molar-refractivity contribution < 1.29 is 4.79 Å². The third-order valence-corrected chi connectivity index (χ3v) is 5.22. The Morgan fingerprint density at radius 2 is 2.16 bits per heavy atom. The highest BCUT2D eigenvalue weighted by atomic mass is 16.1. The number of benzene rings is 1. The fourth-order valence-corrected chi connectivity index (χ4v) is 3.50. The third-order valence-electron chi connectivity index (χ3n) is 5.22. The number of rotatable bonds is 5. The number of aromatic amines is 1. The highest BCUT2D eigenvalue weighted by molar-refractivity contribution is 5.92. The Balaban J connectivity index is 1.48. The molecule has 2 fully saturated rings. The maximum atomic E-state index is 10.9. The minimum absolute atomic E-state index is 0.183.